The SMILES string of the molecule is CCCC1CC1NC(=O)C(C)(CC)C(N)=NO. The van der Waals surface area contributed by atoms with Gasteiger partial charge in [-0.1, -0.05) is 25.4 Å². The van der Waals surface area contributed by atoms with Gasteiger partial charge in [0.05, 0.1) is 0 Å². The predicted octanol–water partition coefficient (Wildman–Crippen LogP) is 1.45. The van der Waals surface area contributed by atoms with E-state index >= 15 is 0 Å². The molecule has 3 unspecified atom stereocenters. The fourth-order valence-electron chi connectivity index (χ4n) is 2.01. The molecule has 0 aromatic heterocycles. The highest BCUT2D eigenvalue weighted by Gasteiger charge is 2.43. The van der Waals surface area contributed by atoms with Crippen LogP contribution >= 0.6 is 0 Å². The number of oxime groups is 1. The van der Waals surface area contributed by atoms with Crippen LogP contribution in [0.15, 0.2) is 5.16 Å². The minimum atomic E-state index is -0.909. The molecule has 0 bridgehead atoms. The Morgan fingerprint density at radius 3 is 2.71 bits per heavy atom. The van der Waals surface area contributed by atoms with Crippen molar-refractivity contribution in [2.45, 2.75) is 52.5 Å². The van der Waals surface area contributed by atoms with E-state index in [-0.39, 0.29) is 17.8 Å². The highest BCUT2D eigenvalue weighted by molar-refractivity contribution is 6.06. The number of rotatable bonds is 6. The van der Waals surface area contributed by atoms with Gasteiger partial charge >= 0.3 is 0 Å². The maximum Gasteiger partial charge on any atom is 0.233 e. The molecule has 0 aromatic carbocycles. The first-order chi connectivity index (χ1) is 7.99. The van der Waals surface area contributed by atoms with Crippen molar-refractivity contribution in [2.24, 2.45) is 22.2 Å². The Kier molecular flexibility index (Phi) is 4.37. The van der Waals surface area contributed by atoms with Crippen LogP contribution < -0.4 is 11.1 Å². The second kappa shape index (κ2) is 5.38. The molecule has 17 heavy (non-hydrogen) atoms. The zero-order chi connectivity index (χ0) is 13.1. The summed E-state index contributed by atoms with van der Waals surface area (Å²) in [6, 6.07) is 0.278. The quantitative estimate of drug-likeness (QED) is 0.285. The van der Waals surface area contributed by atoms with E-state index in [4.69, 9.17) is 10.9 Å². The molecule has 1 fully saturated rings. The van der Waals surface area contributed by atoms with Crippen molar-refractivity contribution in [1.82, 2.24) is 5.32 Å². The fraction of sp³-hybridized carbons (Fsp3) is 0.833. The molecule has 5 nitrogen and oxygen atoms in total. The van der Waals surface area contributed by atoms with Crippen molar-refractivity contribution < 1.29 is 10.0 Å². The molecule has 98 valence electrons. The van der Waals surface area contributed by atoms with Gasteiger partial charge in [0.2, 0.25) is 5.91 Å². The van der Waals surface area contributed by atoms with Gasteiger partial charge in [0.25, 0.3) is 0 Å². The van der Waals surface area contributed by atoms with E-state index in [1.165, 1.54) is 0 Å². The molecule has 1 saturated carbocycles. The van der Waals surface area contributed by atoms with Crippen LogP contribution in [0.3, 0.4) is 0 Å². The Hall–Kier alpha value is -1.26. The molecule has 5 heteroatoms. The van der Waals surface area contributed by atoms with Crippen molar-refractivity contribution in [3.05, 3.63) is 0 Å². The Bertz CT molecular complexity index is 317. The summed E-state index contributed by atoms with van der Waals surface area (Å²) in [5, 5.41) is 14.7. The molecule has 4 N–H and O–H groups in total. The molecule has 0 aromatic rings. The van der Waals surface area contributed by atoms with Crippen molar-refractivity contribution in [2.75, 3.05) is 0 Å². The van der Waals surface area contributed by atoms with Gasteiger partial charge in [0, 0.05) is 6.04 Å². The van der Waals surface area contributed by atoms with Gasteiger partial charge in [0.1, 0.15) is 5.41 Å². The van der Waals surface area contributed by atoms with Crippen LogP contribution in [0, 0.1) is 11.3 Å². The van der Waals surface area contributed by atoms with Gasteiger partial charge in [-0.3, -0.25) is 4.79 Å². The van der Waals surface area contributed by atoms with Crippen molar-refractivity contribution in [1.29, 1.82) is 0 Å². The van der Waals surface area contributed by atoms with Crippen molar-refractivity contribution >= 4 is 11.7 Å². The zero-order valence-electron chi connectivity index (χ0n) is 10.9. The lowest BCUT2D eigenvalue weighted by Crippen LogP contribution is -2.48. The molecule has 1 aliphatic rings. The van der Waals surface area contributed by atoms with Gasteiger partial charge < -0.3 is 16.3 Å². The summed E-state index contributed by atoms with van der Waals surface area (Å²) in [6.07, 6.45) is 3.86. The smallest absolute Gasteiger partial charge is 0.233 e. The van der Waals surface area contributed by atoms with Gasteiger partial charge in [-0.15, -0.1) is 0 Å². The van der Waals surface area contributed by atoms with Crippen LogP contribution in [-0.4, -0.2) is 23.0 Å². The molecule has 1 rings (SSSR count). The lowest BCUT2D eigenvalue weighted by molar-refractivity contribution is -0.127. The van der Waals surface area contributed by atoms with E-state index in [2.05, 4.69) is 17.4 Å². The number of carbonyl (C=O) groups excluding carboxylic acids is 1. The van der Waals surface area contributed by atoms with Crippen LogP contribution in [0.4, 0.5) is 0 Å². The summed E-state index contributed by atoms with van der Waals surface area (Å²) in [5.74, 6) is 0.446. The topological polar surface area (TPSA) is 87.7 Å². The van der Waals surface area contributed by atoms with Gasteiger partial charge in [-0.05, 0) is 32.1 Å². The molecule has 1 aliphatic carbocycles. The number of nitrogens with zero attached hydrogens (tertiary/aromatic N) is 1. The monoisotopic (exact) mass is 241 g/mol. The second-order valence-corrected chi connectivity index (χ2v) is 5.04. The second-order valence-electron chi connectivity index (χ2n) is 5.04. The number of carbonyl (C=O) groups is 1. The number of hydrogen-bond acceptors (Lipinski definition) is 3. The Morgan fingerprint density at radius 1 is 1.59 bits per heavy atom. The van der Waals surface area contributed by atoms with Gasteiger partial charge in [-0.2, -0.15) is 0 Å². The summed E-state index contributed by atoms with van der Waals surface area (Å²) >= 11 is 0. The average Bonchev–Trinajstić information content (AvgIpc) is 3.05. The first-order valence-corrected chi connectivity index (χ1v) is 6.28. The Balaban J connectivity index is 2.57. The van der Waals surface area contributed by atoms with E-state index in [0.29, 0.717) is 12.3 Å². The third-order valence-electron chi connectivity index (χ3n) is 3.78. The van der Waals surface area contributed by atoms with Crippen molar-refractivity contribution in [3.8, 4) is 0 Å². The van der Waals surface area contributed by atoms with E-state index in [0.717, 1.165) is 19.3 Å². The van der Waals surface area contributed by atoms with Gasteiger partial charge in [0.15, 0.2) is 5.84 Å². The number of nitrogens with two attached hydrogens (primary N) is 1. The Labute approximate surface area is 102 Å². The largest absolute Gasteiger partial charge is 0.409 e. The first kappa shape index (κ1) is 13.8. The summed E-state index contributed by atoms with van der Waals surface area (Å²) < 4.78 is 0. The normalized spacial score (nSPS) is 27.4. The molecule has 0 aliphatic heterocycles. The summed E-state index contributed by atoms with van der Waals surface area (Å²) in [7, 11) is 0. The van der Waals surface area contributed by atoms with E-state index in [1.54, 1.807) is 6.92 Å². The molecule has 3 atom stereocenters. The standard InChI is InChI=1S/C12H23N3O2/c1-4-6-8-7-9(8)14-11(16)12(3,5-2)10(13)15-17/h8-9,17H,4-7H2,1-3H3,(H2,13,15)(H,14,16). The van der Waals surface area contributed by atoms with Crippen LogP contribution in [-0.2, 0) is 4.79 Å². The minimum absolute atomic E-state index is 0.0230. The highest BCUT2D eigenvalue weighted by Crippen LogP contribution is 2.35. The molecule has 0 heterocycles. The summed E-state index contributed by atoms with van der Waals surface area (Å²) in [5.41, 5.74) is 4.68. The van der Waals surface area contributed by atoms with Crippen molar-refractivity contribution in [3.63, 3.8) is 0 Å². The molecule has 0 saturated heterocycles. The number of hydrogen-bond donors (Lipinski definition) is 3. The third-order valence-corrected chi connectivity index (χ3v) is 3.78. The molecular weight excluding hydrogens is 218 g/mol. The highest BCUT2D eigenvalue weighted by atomic mass is 16.4. The van der Waals surface area contributed by atoms with E-state index in [9.17, 15) is 4.79 Å². The van der Waals surface area contributed by atoms with E-state index in [1.807, 2.05) is 6.92 Å². The van der Waals surface area contributed by atoms with Gasteiger partial charge in [-0.25, -0.2) is 0 Å². The first-order valence-electron chi connectivity index (χ1n) is 6.28. The lowest BCUT2D eigenvalue weighted by Gasteiger charge is -2.25. The van der Waals surface area contributed by atoms with E-state index < -0.39 is 5.41 Å². The summed E-state index contributed by atoms with van der Waals surface area (Å²) in [6.45, 7) is 5.70. The number of amides is 1. The molecule has 0 spiro atoms. The predicted molar refractivity (Wildman–Crippen MR) is 66.8 cm³/mol. The Morgan fingerprint density at radius 2 is 2.24 bits per heavy atom. The molecular formula is C12H23N3O2. The molecule has 0 radical (unpaired) electrons. The lowest BCUT2D eigenvalue weighted by atomic mass is 9.85. The fourth-order valence-corrected chi connectivity index (χ4v) is 2.01. The maximum atomic E-state index is 12.1. The number of amidine groups is 1. The summed E-state index contributed by atoms with van der Waals surface area (Å²) in [4.78, 5) is 12.1. The zero-order valence-corrected chi connectivity index (χ0v) is 10.9. The van der Waals surface area contributed by atoms with Crippen LogP contribution in [0.2, 0.25) is 0 Å². The van der Waals surface area contributed by atoms with Crippen LogP contribution in [0.25, 0.3) is 0 Å². The maximum absolute atomic E-state index is 12.1. The average molecular weight is 241 g/mol. The minimum Gasteiger partial charge on any atom is -0.409 e. The van der Waals surface area contributed by atoms with Crippen LogP contribution in [0.1, 0.15) is 46.5 Å². The van der Waals surface area contributed by atoms with Crippen LogP contribution in [0.5, 0.6) is 0 Å². The number of nitrogens with one attached hydrogen (secondary N) is 1. The third kappa shape index (κ3) is 2.90. The molecule has 1 amide bonds.